The molecule has 0 amide bonds. The molecular weight excluding hydrogens is 784 g/mol. The number of rotatable bonds is 16. The van der Waals surface area contributed by atoms with Crippen molar-refractivity contribution in [3.05, 3.63) is 144 Å². The highest BCUT2D eigenvalue weighted by molar-refractivity contribution is 5.93. The quantitative estimate of drug-likeness (QED) is 0.0446. The SMILES string of the molecule is C=C(C)C(=O)OCOc1ccc(C(=O)Oc2ccc(C(=O)O[C@H]3CO[C@H]4[C@@H]3OC[C@H]4OC(=O)c3ccc(OC(=O)c4ccc(OCOC(=O)C(=C)C)cc4)cc3)cc2)cc1. The summed E-state index contributed by atoms with van der Waals surface area (Å²) in [6.07, 6.45) is -2.93. The van der Waals surface area contributed by atoms with Crippen molar-refractivity contribution in [3.63, 3.8) is 0 Å². The number of esters is 6. The lowest BCUT2D eigenvalue weighted by molar-refractivity contribution is -0.146. The zero-order chi connectivity index (χ0) is 42.8. The Morgan fingerprint density at radius 2 is 0.783 bits per heavy atom. The van der Waals surface area contributed by atoms with E-state index in [1.807, 2.05) is 0 Å². The van der Waals surface area contributed by atoms with Gasteiger partial charge < -0.3 is 47.4 Å². The third kappa shape index (κ3) is 11.0. The highest BCUT2D eigenvalue weighted by Crippen LogP contribution is 2.32. The third-order valence-corrected chi connectivity index (χ3v) is 8.79. The van der Waals surface area contributed by atoms with Crippen molar-refractivity contribution in [2.24, 2.45) is 0 Å². The van der Waals surface area contributed by atoms with Crippen molar-refractivity contribution in [1.29, 1.82) is 0 Å². The van der Waals surface area contributed by atoms with E-state index in [-0.39, 0.29) is 71.7 Å². The predicted octanol–water partition coefficient (Wildman–Crippen LogP) is 5.58. The molecule has 0 aromatic heterocycles. The molecule has 310 valence electrons. The summed E-state index contributed by atoms with van der Waals surface area (Å²) in [6.45, 7) is 9.38. The Morgan fingerprint density at radius 1 is 0.483 bits per heavy atom. The molecule has 4 aromatic carbocycles. The number of hydrogen-bond acceptors (Lipinski definition) is 16. The Labute approximate surface area is 343 Å². The fourth-order valence-electron chi connectivity index (χ4n) is 5.62. The van der Waals surface area contributed by atoms with E-state index in [1.165, 1.54) is 111 Å². The molecule has 0 aliphatic carbocycles. The topological polar surface area (TPSA) is 195 Å². The van der Waals surface area contributed by atoms with Crippen molar-refractivity contribution in [1.82, 2.24) is 0 Å². The van der Waals surface area contributed by atoms with Crippen LogP contribution in [0.2, 0.25) is 0 Å². The molecule has 4 aromatic rings. The highest BCUT2D eigenvalue weighted by Gasteiger charge is 2.51. The Balaban J connectivity index is 0.923. The molecule has 2 aliphatic rings. The Bertz CT molecular complexity index is 2080. The first-order valence-corrected chi connectivity index (χ1v) is 18.2. The number of benzene rings is 4. The fourth-order valence-corrected chi connectivity index (χ4v) is 5.62. The van der Waals surface area contributed by atoms with Crippen LogP contribution in [0.15, 0.2) is 121 Å². The van der Waals surface area contributed by atoms with Gasteiger partial charge in [0.05, 0.1) is 35.5 Å². The van der Waals surface area contributed by atoms with Crippen LogP contribution in [-0.2, 0) is 38.0 Å². The van der Waals surface area contributed by atoms with E-state index in [2.05, 4.69) is 13.2 Å². The van der Waals surface area contributed by atoms with Gasteiger partial charge in [-0.15, -0.1) is 0 Å². The van der Waals surface area contributed by atoms with Gasteiger partial charge in [0.1, 0.15) is 35.2 Å². The lowest BCUT2D eigenvalue weighted by Gasteiger charge is -2.17. The Hall–Kier alpha value is -7.30. The summed E-state index contributed by atoms with van der Waals surface area (Å²) in [4.78, 5) is 74.2. The van der Waals surface area contributed by atoms with Crippen LogP contribution < -0.4 is 18.9 Å². The highest BCUT2D eigenvalue weighted by atomic mass is 16.7. The minimum Gasteiger partial charge on any atom is -0.457 e. The third-order valence-electron chi connectivity index (χ3n) is 8.79. The number of carbonyl (C=O) groups excluding carboxylic acids is 6. The van der Waals surface area contributed by atoms with Crippen LogP contribution in [0, 0.1) is 0 Å². The summed E-state index contributed by atoms with van der Waals surface area (Å²) in [6, 6.07) is 23.5. The molecule has 60 heavy (non-hydrogen) atoms. The van der Waals surface area contributed by atoms with Crippen LogP contribution in [0.25, 0.3) is 0 Å². The maximum absolute atomic E-state index is 13.0. The van der Waals surface area contributed by atoms with Gasteiger partial charge in [-0.25, -0.2) is 28.8 Å². The van der Waals surface area contributed by atoms with Gasteiger partial charge in [0.15, 0.2) is 12.2 Å². The molecule has 4 atom stereocenters. The van der Waals surface area contributed by atoms with Crippen LogP contribution in [0.4, 0.5) is 0 Å². The van der Waals surface area contributed by atoms with Crippen LogP contribution in [0.1, 0.15) is 55.3 Å². The van der Waals surface area contributed by atoms with Gasteiger partial charge in [0, 0.05) is 11.1 Å². The first kappa shape index (κ1) is 42.3. The van der Waals surface area contributed by atoms with E-state index < -0.39 is 60.2 Å². The van der Waals surface area contributed by atoms with Crippen LogP contribution in [0.3, 0.4) is 0 Å². The van der Waals surface area contributed by atoms with Gasteiger partial charge in [-0.05, 0) is 111 Å². The van der Waals surface area contributed by atoms with Gasteiger partial charge in [0.25, 0.3) is 0 Å². The molecule has 2 fully saturated rings. The Morgan fingerprint density at radius 3 is 1.10 bits per heavy atom. The monoisotopic (exact) mass is 822 g/mol. The van der Waals surface area contributed by atoms with Crippen molar-refractivity contribution in [3.8, 4) is 23.0 Å². The van der Waals surface area contributed by atoms with Crippen molar-refractivity contribution in [2.45, 2.75) is 38.3 Å². The molecule has 2 saturated heterocycles. The van der Waals surface area contributed by atoms with Gasteiger partial charge in [-0.2, -0.15) is 0 Å². The number of fused-ring (bicyclic) bond motifs is 1. The lowest BCUT2D eigenvalue weighted by atomic mass is 10.1. The van der Waals surface area contributed by atoms with E-state index in [9.17, 15) is 28.8 Å². The standard InChI is InChI=1S/C44H38O16/c1-25(2)39(45)55-23-53-31-13-5-27(6-14-31)41(47)57-33-17-9-29(10-18-33)43(49)59-35-21-51-38-36(22-52-37(35)38)60-44(50)30-11-19-34(20-12-30)58-42(48)28-7-15-32(16-8-28)54-24-56-40(46)26(3)4/h5-20,35-38H,1,3,21-24H2,2,4H3/t35-,36+,37-,38-/m1/s1. The number of ether oxygens (including phenoxy) is 10. The lowest BCUT2D eigenvalue weighted by Crippen LogP contribution is -2.36. The van der Waals surface area contributed by atoms with E-state index in [0.717, 1.165) is 0 Å². The Kier molecular flexibility index (Phi) is 13.7. The van der Waals surface area contributed by atoms with Crippen LogP contribution in [0.5, 0.6) is 23.0 Å². The maximum atomic E-state index is 13.0. The van der Waals surface area contributed by atoms with Gasteiger partial charge in [0.2, 0.25) is 13.6 Å². The molecule has 2 aliphatic heterocycles. The summed E-state index contributed by atoms with van der Waals surface area (Å²) in [7, 11) is 0. The molecule has 2 heterocycles. The van der Waals surface area contributed by atoms with E-state index in [1.54, 1.807) is 0 Å². The summed E-state index contributed by atoms with van der Waals surface area (Å²) >= 11 is 0. The average molecular weight is 823 g/mol. The average Bonchev–Trinajstić information content (AvgIpc) is 3.84. The van der Waals surface area contributed by atoms with E-state index >= 15 is 0 Å². The zero-order valence-electron chi connectivity index (χ0n) is 32.3. The van der Waals surface area contributed by atoms with Crippen LogP contribution in [-0.4, -0.2) is 87.0 Å². The summed E-state index contributed by atoms with van der Waals surface area (Å²) < 4.78 is 54.2. The van der Waals surface area contributed by atoms with Crippen molar-refractivity contribution >= 4 is 35.8 Å². The maximum Gasteiger partial charge on any atom is 0.343 e. The summed E-state index contributed by atoms with van der Waals surface area (Å²) in [5.41, 5.74) is 1.31. The summed E-state index contributed by atoms with van der Waals surface area (Å²) in [5, 5.41) is 0. The molecule has 6 rings (SSSR count). The first-order valence-electron chi connectivity index (χ1n) is 18.2. The van der Waals surface area contributed by atoms with Gasteiger partial charge in [-0.3, -0.25) is 0 Å². The molecule has 0 saturated carbocycles. The molecule has 16 heteroatoms. The minimum atomic E-state index is -0.780. The van der Waals surface area contributed by atoms with Gasteiger partial charge in [-0.1, -0.05) is 13.2 Å². The number of carbonyl (C=O) groups is 6. The predicted molar refractivity (Wildman–Crippen MR) is 206 cm³/mol. The normalized spacial score (nSPS) is 17.6. The van der Waals surface area contributed by atoms with E-state index in [4.69, 9.17) is 47.4 Å². The number of hydrogen-bond donors (Lipinski definition) is 0. The van der Waals surface area contributed by atoms with Crippen molar-refractivity contribution < 1.29 is 76.1 Å². The first-order chi connectivity index (χ1) is 28.8. The van der Waals surface area contributed by atoms with Crippen LogP contribution >= 0.6 is 0 Å². The largest absolute Gasteiger partial charge is 0.457 e. The summed E-state index contributed by atoms with van der Waals surface area (Å²) in [5.74, 6) is -2.71. The van der Waals surface area contributed by atoms with E-state index in [0.29, 0.717) is 11.5 Å². The smallest absolute Gasteiger partial charge is 0.343 e. The molecule has 0 spiro atoms. The second kappa shape index (κ2) is 19.4. The molecule has 0 N–H and O–H groups in total. The van der Waals surface area contributed by atoms with Crippen molar-refractivity contribution in [2.75, 3.05) is 26.8 Å². The second-order valence-corrected chi connectivity index (χ2v) is 13.3. The molecule has 16 nitrogen and oxygen atoms in total. The minimum absolute atomic E-state index is 0.00892. The molecule has 0 bridgehead atoms. The molecule has 0 radical (unpaired) electrons. The molecular formula is C44H38O16. The molecule has 0 unspecified atom stereocenters. The zero-order valence-corrected chi connectivity index (χ0v) is 32.3. The second-order valence-electron chi connectivity index (χ2n) is 13.3. The van der Waals surface area contributed by atoms with Gasteiger partial charge >= 0.3 is 35.8 Å². The fraction of sp³-hybridized carbons (Fsp3) is 0.227.